The molecule has 1 aromatic carbocycles. The average Bonchev–Trinajstić information content (AvgIpc) is 2.66. The van der Waals surface area contributed by atoms with Crippen molar-refractivity contribution in [2.75, 3.05) is 31.6 Å². The molecule has 0 bridgehead atoms. The van der Waals surface area contributed by atoms with E-state index in [0.717, 1.165) is 6.42 Å². The number of benzene rings is 1. The van der Waals surface area contributed by atoms with Crippen LogP contribution in [0.5, 0.6) is 0 Å². The van der Waals surface area contributed by atoms with E-state index in [1.54, 1.807) is 17.2 Å². The third kappa shape index (κ3) is 4.99. The molecule has 144 valence electrons. The first-order chi connectivity index (χ1) is 12.9. The van der Waals surface area contributed by atoms with Crippen LogP contribution in [0.25, 0.3) is 0 Å². The first-order valence-electron chi connectivity index (χ1n) is 9.29. The third-order valence-electron chi connectivity index (χ3n) is 4.79. The highest BCUT2D eigenvalue weighted by atomic mass is 35.5. The number of ether oxygens (including phenoxy) is 1. The van der Waals surface area contributed by atoms with Crippen molar-refractivity contribution < 1.29 is 9.53 Å². The Morgan fingerprint density at radius 3 is 2.70 bits per heavy atom. The largest absolute Gasteiger partial charge is 0.378 e. The van der Waals surface area contributed by atoms with Gasteiger partial charge < -0.3 is 15.0 Å². The van der Waals surface area contributed by atoms with Gasteiger partial charge in [-0.2, -0.15) is 0 Å². The molecule has 1 aromatic heterocycles. The number of hydrogen-bond acceptors (Lipinski definition) is 4. The molecular formula is C21H26ClN3O2. The Morgan fingerprint density at radius 1 is 1.30 bits per heavy atom. The smallest absolute Gasteiger partial charge is 0.255 e. The van der Waals surface area contributed by atoms with Gasteiger partial charge in [0.15, 0.2) is 0 Å². The minimum atomic E-state index is -0.0532. The van der Waals surface area contributed by atoms with E-state index < -0.39 is 0 Å². The zero-order valence-electron chi connectivity index (χ0n) is 16.1. The molecule has 2 aromatic rings. The molecular weight excluding hydrogens is 362 g/mol. The highest BCUT2D eigenvalue weighted by Crippen LogP contribution is 2.23. The van der Waals surface area contributed by atoms with E-state index in [-0.39, 0.29) is 11.9 Å². The lowest BCUT2D eigenvalue weighted by molar-refractivity contribution is 0.0302. The summed E-state index contributed by atoms with van der Waals surface area (Å²) < 4.78 is 5.29. The van der Waals surface area contributed by atoms with Crippen molar-refractivity contribution in [2.24, 2.45) is 0 Å². The van der Waals surface area contributed by atoms with E-state index in [4.69, 9.17) is 16.3 Å². The number of pyridine rings is 1. The van der Waals surface area contributed by atoms with Gasteiger partial charge in [-0.25, -0.2) is 4.98 Å². The summed E-state index contributed by atoms with van der Waals surface area (Å²) in [6.07, 6.45) is 2.47. The molecule has 1 saturated heterocycles. The van der Waals surface area contributed by atoms with Crippen molar-refractivity contribution in [1.82, 2.24) is 9.88 Å². The van der Waals surface area contributed by atoms with Crippen LogP contribution in [0.1, 0.15) is 34.0 Å². The van der Waals surface area contributed by atoms with Crippen LogP contribution in [0, 0.1) is 13.8 Å². The number of carbonyl (C=O) groups excluding carboxylic acids is 1. The van der Waals surface area contributed by atoms with Crippen LogP contribution in [0.4, 0.5) is 5.82 Å². The topological polar surface area (TPSA) is 54.5 Å². The van der Waals surface area contributed by atoms with Crippen LogP contribution in [-0.2, 0) is 11.2 Å². The number of halogens is 1. The molecule has 5 nitrogen and oxygen atoms in total. The van der Waals surface area contributed by atoms with Crippen LogP contribution in [0.2, 0.25) is 5.02 Å². The fraction of sp³-hybridized carbons (Fsp3) is 0.429. The first kappa shape index (κ1) is 19.6. The van der Waals surface area contributed by atoms with Crippen molar-refractivity contribution in [1.29, 1.82) is 0 Å². The predicted octanol–water partition coefficient (Wildman–Crippen LogP) is 3.87. The monoisotopic (exact) mass is 387 g/mol. The van der Waals surface area contributed by atoms with Gasteiger partial charge in [-0.05, 0) is 44.4 Å². The minimum absolute atomic E-state index is 0.0532. The molecule has 1 unspecified atom stereocenters. The van der Waals surface area contributed by atoms with Crippen LogP contribution < -0.4 is 5.32 Å². The van der Waals surface area contributed by atoms with Gasteiger partial charge in [-0.1, -0.05) is 35.4 Å². The van der Waals surface area contributed by atoms with E-state index in [0.29, 0.717) is 42.7 Å². The van der Waals surface area contributed by atoms with Gasteiger partial charge in [0.05, 0.1) is 23.8 Å². The number of morpholine rings is 1. The molecule has 27 heavy (non-hydrogen) atoms. The maximum absolute atomic E-state index is 12.5. The molecule has 0 saturated carbocycles. The predicted molar refractivity (Wildman–Crippen MR) is 109 cm³/mol. The quantitative estimate of drug-likeness (QED) is 0.846. The Kier molecular flexibility index (Phi) is 6.34. The molecule has 2 heterocycles. The van der Waals surface area contributed by atoms with Crippen molar-refractivity contribution in [3.63, 3.8) is 0 Å². The molecule has 0 spiro atoms. The number of anilines is 1. The standard InChI is InChI=1S/C21H26ClN3O2/c1-14-4-5-17(15(2)10-14)11-16(3)24-20-19(22)12-18(13-23-20)21(26)25-6-8-27-9-7-25/h4-5,10,12-13,16H,6-9,11H2,1-3H3,(H,23,24). The van der Waals surface area contributed by atoms with Crippen molar-refractivity contribution >= 4 is 23.3 Å². The summed E-state index contributed by atoms with van der Waals surface area (Å²) in [5, 5.41) is 3.82. The second kappa shape index (κ2) is 8.72. The van der Waals surface area contributed by atoms with Gasteiger partial charge in [-0.3, -0.25) is 4.79 Å². The maximum atomic E-state index is 12.5. The van der Waals surface area contributed by atoms with Crippen LogP contribution in [0.3, 0.4) is 0 Å². The lowest BCUT2D eigenvalue weighted by Gasteiger charge is -2.27. The molecule has 1 aliphatic heterocycles. The Labute approximate surface area is 165 Å². The zero-order valence-corrected chi connectivity index (χ0v) is 16.8. The van der Waals surface area contributed by atoms with Gasteiger partial charge in [0, 0.05) is 25.3 Å². The average molecular weight is 388 g/mol. The summed E-state index contributed by atoms with van der Waals surface area (Å²) in [5.41, 5.74) is 4.36. The van der Waals surface area contributed by atoms with Gasteiger partial charge in [0.25, 0.3) is 5.91 Å². The Bertz CT molecular complexity index is 819. The number of nitrogens with zero attached hydrogens (tertiary/aromatic N) is 2. The summed E-state index contributed by atoms with van der Waals surface area (Å²) in [7, 11) is 0. The number of hydrogen-bond donors (Lipinski definition) is 1. The van der Waals surface area contributed by atoms with E-state index in [2.05, 4.69) is 49.3 Å². The number of rotatable bonds is 5. The number of aromatic nitrogens is 1. The summed E-state index contributed by atoms with van der Waals surface area (Å²) in [4.78, 5) is 18.7. The van der Waals surface area contributed by atoms with E-state index in [1.807, 2.05) is 0 Å². The van der Waals surface area contributed by atoms with Gasteiger partial charge in [0.2, 0.25) is 0 Å². The molecule has 0 aliphatic carbocycles. The molecule has 0 radical (unpaired) electrons. The lowest BCUT2D eigenvalue weighted by atomic mass is 10.00. The zero-order chi connectivity index (χ0) is 19.4. The second-order valence-electron chi connectivity index (χ2n) is 7.14. The molecule has 1 aliphatic rings. The number of aryl methyl sites for hydroxylation is 2. The van der Waals surface area contributed by atoms with Crippen LogP contribution in [-0.4, -0.2) is 48.1 Å². The Hall–Kier alpha value is -2.11. The maximum Gasteiger partial charge on any atom is 0.255 e. The SMILES string of the molecule is Cc1ccc(CC(C)Nc2ncc(C(=O)N3CCOCC3)cc2Cl)c(C)c1. The highest BCUT2D eigenvalue weighted by Gasteiger charge is 2.20. The number of nitrogens with one attached hydrogen (secondary N) is 1. The molecule has 1 amide bonds. The van der Waals surface area contributed by atoms with Gasteiger partial charge in [0.1, 0.15) is 5.82 Å². The minimum Gasteiger partial charge on any atom is -0.378 e. The molecule has 1 N–H and O–H groups in total. The van der Waals surface area contributed by atoms with Crippen LogP contribution in [0.15, 0.2) is 30.5 Å². The van der Waals surface area contributed by atoms with Crippen molar-refractivity contribution in [3.05, 3.63) is 57.7 Å². The molecule has 6 heteroatoms. The van der Waals surface area contributed by atoms with E-state index >= 15 is 0 Å². The molecule has 1 fully saturated rings. The summed E-state index contributed by atoms with van der Waals surface area (Å²) >= 11 is 6.39. The van der Waals surface area contributed by atoms with Crippen molar-refractivity contribution in [2.45, 2.75) is 33.2 Å². The van der Waals surface area contributed by atoms with Crippen LogP contribution >= 0.6 is 11.6 Å². The van der Waals surface area contributed by atoms with Crippen molar-refractivity contribution in [3.8, 4) is 0 Å². The lowest BCUT2D eigenvalue weighted by Crippen LogP contribution is -2.40. The van der Waals surface area contributed by atoms with Gasteiger partial charge in [-0.15, -0.1) is 0 Å². The highest BCUT2D eigenvalue weighted by molar-refractivity contribution is 6.33. The molecule has 1 atom stereocenters. The summed E-state index contributed by atoms with van der Waals surface area (Å²) in [6.45, 7) is 8.68. The normalized spacial score (nSPS) is 15.5. The third-order valence-corrected chi connectivity index (χ3v) is 5.08. The number of amides is 1. The fourth-order valence-electron chi connectivity index (χ4n) is 3.30. The Morgan fingerprint density at radius 2 is 2.04 bits per heavy atom. The number of carbonyl (C=O) groups is 1. The fourth-order valence-corrected chi connectivity index (χ4v) is 3.52. The first-order valence-corrected chi connectivity index (χ1v) is 9.67. The van der Waals surface area contributed by atoms with E-state index in [1.165, 1.54) is 16.7 Å². The van der Waals surface area contributed by atoms with E-state index in [9.17, 15) is 4.79 Å². The van der Waals surface area contributed by atoms with Gasteiger partial charge >= 0.3 is 0 Å². The summed E-state index contributed by atoms with van der Waals surface area (Å²) in [5.74, 6) is 0.551. The second-order valence-corrected chi connectivity index (χ2v) is 7.55. The molecule has 3 rings (SSSR count). The Balaban J connectivity index is 1.65. The summed E-state index contributed by atoms with van der Waals surface area (Å²) in [6, 6.07) is 8.35.